The number of nitrogens with one attached hydrogen (secondary N) is 1. The van der Waals surface area contributed by atoms with Crippen molar-refractivity contribution in [1.29, 1.82) is 0 Å². The van der Waals surface area contributed by atoms with Crippen LogP contribution in [0.4, 0.5) is 0 Å². The van der Waals surface area contributed by atoms with Gasteiger partial charge in [0, 0.05) is 35.1 Å². The number of Topliss-reactive ketones (excluding diaryl/α,β-unsaturated/α-hetero) is 1. The van der Waals surface area contributed by atoms with E-state index < -0.39 is 0 Å². The minimum absolute atomic E-state index is 0.165. The zero-order chi connectivity index (χ0) is 18.9. The second-order valence-corrected chi connectivity index (χ2v) is 7.56. The number of rotatable bonds is 4. The van der Waals surface area contributed by atoms with Gasteiger partial charge in [-0.15, -0.1) is 0 Å². The minimum atomic E-state index is 0.165. The Bertz CT molecular complexity index is 1010. The summed E-state index contributed by atoms with van der Waals surface area (Å²) in [6, 6.07) is 14.4. The number of aromatic nitrogens is 1. The van der Waals surface area contributed by atoms with Gasteiger partial charge in [-0.2, -0.15) is 0 Å². The molecule has 5 heteroatoms. The van der Waals surface area contributed by atoms with Crippen LogP contribution in [-0.4, -0.2) is 42.0 Å². The van der Waals surface area contributed by atoms with E-state index in [0.29, 0.717) is 19.8 Å². The summed E-state index contributed by atoms with van der Waals surface area (Å²) in [7, 11) is 0. The number of ether oxygens (including phenoxy) is 2. The molecule has 0 radical (unpaired) electrons. The molecule has 2 aliphatic rings. The molecule has 3 aromatic rings. The second-order valence-electron chi connectivity index (χ2n) is 7.56. The number of H-pyrrole nitrogens is 1. The van der Waals surface area contributed by atoms with E-state index in [0.717, 1.165) is 53.8 Å². The molecule has 28 heavy (non-hydrogen) atoms. The molecule has 1 N–H and O–H groups in total. The second kappa shape index (κ2) is 7.32. The Hall–Kier alpha value is -2.79. The summed E-state index contributed by atoms with van der Waals surface area (Å²) >= 11 is 0. The van der Waals surface area contributed by atoms with Gasteiger partial charge in [0.25, 0.3) is 0 Å². The summed E-state index contributed by atoms with van der Waals surface area (Å²) in [5.74, 6) is 1.81. The van der Waals surface area contributed by atoms with Gasteiger partial charge in [0.15, 0.2) is 17.3 Å². The van der Waals surface area contributed by atoms with Crippen LogP contribution >= 0.6 is 0 Å². The number of likely N-dealkylation sites (tertiary alicyclic amines) is 1. The van der Waals surface area contributed by atoms with Gasteiger partial charge in [0.1, 0.15) is 0 Å². The van der Waals surface area contributed by atoms with Crippen LogP contribution in [0.2, 0.25) is 0 Å². The standard InChI is InChI=1S/C23H24N2O3/c26-21(18-14-24-19-6-2-1-5-17(18)19)15-25-10-3-7-20(25)16-8-9-22-23(13-16)28-12-4-11-27-22/h1-2,5-6,8-9,13-14,20,24H,3-4,7,10-12,15H2/t20-/m1/s1. The van der Waals surface area contributed by atoms with E-state index in [1.54, 1.807) is 0 Å². The molecule has 0 unspecified atom stereocenters. The van der Waals surface area contributed by atoms with Crippen LogP contribution in [0.5, 0.6) is 11.5 Å². The van der Waals surface area contributed by atoms with E-state index in [9.17, 15) is 4.79 Å². The summed E-state index contributed by atoms with van der Waals surface area (Å²) in [6.07, 6.45) is 4.89. The van der Waals surface area contributed by atoms with Gasteiger partial charge in [-0.25, -0.2) is 0 Å². The lowest BCUT2D eigenvalue weighted by Crippen LogP contribution is -2.29. The molecule has 0 spiro atoms. The van der Waals surface area contributed by atoms with Gasteiger partial charge < -0.3 is 14.5 Å². The first-order valence-electron chi connectivity index (χ1n) is 10.0. The van der Waals surface area contributed by atoms with Gasteiger partial charge in [-0.05, 0) is 43.1 Å². The number of fused-ring (bicyclic) bond motifs is 2. The minimum Gasteiger partial charge on any atom is -0.490 e. The number of hydrogen-bond donors (Lipinski definition) is 1. The van der Waals surface area contributed by atoms with Crippen molar-refractivity contribution in [2.24, 2.45) is 0 Å². The van der Waals surface area contributed by atoms with E-state index in [2.05, 4.69) is 22.0 Å². The molecule has 3 heterocycles. The van der Waals surface area contributed by atoms with Crippen molar-refractivity contribution in [3.63, 3.8) is 0 Å². The van der Waals surface area contributed by atoms with E-state index in [4.69, 9.17) is 9.47 Å². The topological polar surface area (TPSA) is 54.6 Å². The van der Waals surface area contributed by atoms with Crippen molar-refractivity contribution >= 4 is 16.7 Å². The Morgan fingerprint density at radius 2 is 1.93 bits per heavy atom. The zero-order valence-corrected chi connectivity index (χ0v) is 15.8. The van der Waals surface area contributed by atoms with E-state index in [1.165, 1.54) is 5.56 Å². The van der Waals surface area contributed by atoms with Crippen molar-refractivity contribution < 1.29 is 14.3 Å². The molecule has 1 saturated heterocycles. The van der Waals surface area contributed by atoms with Gasteiger partial charge >= 0.3 is 0 Å². The third-order valence-electron chi connectivity index (χ3n) is 5.76. The maximum absolute atomic E-state index is 13.0. The summed E-state index contributed by atoms with van der Waals surface area (Å²) in [4.78, 5) is 18.5. The first kappa shape index (κ1) is 17.3. The largest absolute Gasteiger partial charge is 0.490 e. The van der Waals surface area contributed by atoms with Gasteiger partial charge in [0.2, 0.25) is 0 Å². The molecular weight excluding hydrogens is 352 g/mol. The van der Waals surface area contributed by atoms with Crippen molar-refractivity contribution in [1.82, 2.24) is 9.88 Å². The van der Waals surface area contributed by atoms with Crippen molar-refractivity contribution in [3.05, 3.63) is 59.8 Å². The quantitative estimate of drug-likeness (QED) is 0.688. The molecule has 1 fully saturated rings. The van der Waals surface area contributed by atoms with Crippen LogP contribution in [0.1, 0.15) is 41.2 Å². The molecule has 0 aliphatic carbocycles. The zero-order valence-electron chi connectivity index (χ0n) is 15.8. The fourth-order valence-electron chi connectivity index (χ4n) is 4.35. The van der Waals surface area contributed by atoms with Crippen LogP contribution in [0.15, 0.2) is 48.7 Å². The highest BCUT2D eigenvalue weighted by molar-refractivity contribution is 6.08. The SMILES string of the molecule is O=C(CN1CCC[C@@H]1c1ccc2c(c1)OCCCO2)c1c[nH]c2ccccc12. The number of nitrogens with zero attached hydrogens (tertiary/aromatic N) is 1. The normalized spacial score (nSPS) is 19.6. The lowest BCUT2D eigenvalue weighted by Gasteiger charge is -2.24. The summed E-state index contributed by atoms with van der Waals surface area (Å²) in [5.41, 5.74) is 2.99. The number of para-hydroxylation sites is 1. The molecule has 2 aliphatic heterocycles. The van der Waals surface area contributed by atoms with Crippen LogP contribution in [0.25, 0.3) is 10.9 Å². The van der Waals surface area contributed by atoms with Crippen molar-refractivity contribution in [2.45, 2.75) is 25.3 Å². The fourth-order valence-corrected chi connectivity index (χ4v) is 4.35. The molecule has 1 aromatic heterocycles. The number of hydrogen-bond acceptors (Lipinski definition) is 4. The molecule has 1 atom stereocenters. The van der Waals surface area contributed by atoms with Crippen LogP contribution in [-0.2, 0) is 0 Å². The molecule has 0 bridgehead atoms. The fraction of sp³-hybridized carbons (Fsp3) is 0.348. The molecule has 5 rings (SSSR count). The highest BCUT2D eigenvalue weighted by Gasteiger charge is 2.29. The average molecular weight is 376 g/mol. The summed E-state index contributed by atoms with van der Waals surface area (Å²) in [5, 5.41) is 0.999. The Labute approximate surface area is 164 Å². The predicted molar refractivity (Wildman–Crippen MR) is 108 cm³/mol. The first-order valence-corrected chi connectivity index (χ1v) is 10.0. The Kier molecular flexibility index (Phi) is 4.53. The number of carbonyl (C=O) groups excluding carboxylic acids is 1. The average Bonchev–Trinajstić information content (AvgIpc) is 3.28. The van der Waals surface area contributed by atoms with Gasteiger partial charge in [-0.3, -0.25) is 9.69 Å². The Morgan fingerprint density at radius 3 is 2.86 bits per heavy atom. The van der Waals surface area contributed by atoms with E-state index in [-0.39, 0.29) is 11.8 Å². The number of benzene rings is 2. The molecule has 144 valence electrons. The summed E-state index contributed by atoms with van der Waals surface area (Å²) < 4.78 is 11.6. The number of carbonyl (C=O) groups is 1. The van der Waals surface area contributed by atoms with Crippen LogP contribution in [0.3, 0.4) is 0 Å². The smallest absolute Gasteiger partial charge is 0.178 e. The monoisotopic (exact) mass is 376 g/mol. The van der Waals surface area contributed by atoms with Crippen LogP contribution in [0, 0.1) is 0 Å². The molecule has 5 nitrogen and oxygen atoms in total. The Morgan fingerprint density at radius 1 is 1.07 bits per heavy atom. The van der Waals surface area contributed by atoms with Crippen LogP contribution < -0.4 is 9.47 Å². The maximum atomic E-state index is 13.0. The molecular formula is C23H24N2O3. The molecule has 0 saturated carbocycles. The third-order valence-corrected chi connectivity index (χ3v) is 5.76. The van der Waals surface area contributed by atoms with Gasteiger partial charge in [0.05, 0.1) is 19.8 Å². The number of aromatic amines is 1. The highest BCUT2D eigenvalue weighted by Crippen LogP contribution is 2.38. The van der Waals surface area contributed by atoms with E-state index >= 15 is 0 Å². The lowest BCUT2D eigenvalue weighted by atomic mass is 10.0. The third kappa shape index (κ3) is 3.16. The number of ketones is 1. The maximum Gasteiger partial charge on any atom is 0.178 e. The molecule has 0 amide bonds. The van der Waals surface area contributed by atoms with Crippen molar-refractivity contribution in [2.75, 3.05) is 26.3 Å². The predicted octanol–water partition coefficient (Wildman–Crippen LogP) is 4.35. The van der Waals surface area contributed by atoms with E-state index in [1.807, 2.05) is 36.5 Å². The van der Waals surface area contributed by atoms with Crippen molar-refractivity contribution in [3.8, 4) is 11.5 Å². The summed E-state index contributed by atoms with van der Waals surface area (Å²) in [6.45, 7) is 2.75. The Balaban J connectivity index is 1.37. The molecule has 2 aromatic carbocycles. The first-order chi connectivity index (χ1) is 13.8. The lowest BCUT2D eigenvalue weighted by molar-refractivity contribution is 0.0923. The van der Waals surface area contributed by atoms with Gasteiger partial charge in [-0.1, -0.05) is 24.3 Å². The highest BCUT2D eigenvalue weighted by atomic mass is 16.5.